The van der Waals surface area contributed by atoms with E-state index in [-0.39, 0.29) is 10.8 Å². The Bertz CT molecular complexity index is 6900. The van der Waals surface area contributed by atoms with Crippen LogP contribution < -0.4 is 9.80 Å². The van der Waals surface area contributed by atoms with E-state index in [9.17, 15) is 0 Å². The number of furan rings is 1. The summed E-state index contributed by atoms with van der Waals surface area (Å²) in [5.41, 5.74) is 39.1. The minimum absolute atomic E-state index is 0.117. The van der Waals surface area contributed by atoms with E-state index in [1.54, 1.807) is 0 Å². The summed E-state index contributed by atoms with van der Waals surface area (Å²) in [6.07, 6.45) is 0. The largest absolute Gasteiger partial charge is 0.455 e. The van der Waals surface area contributed by atoms with Crippen LogP contribution in [0.3, 0.4) is 0 Å². The number of para-hydroxylation sites is 1. The zero-order valence-corrected chi connectivity index (χ0v) is 64.3. The fourth-order valence-electron chi connectivity index (χ4n) is 20.0. The second-order valence-corrected chi connectivity index (χ2v) is 33.0. The van der Waals surface area contributed by atoms with Gasteiger partial charge in [-0.25, -0.2) is 0 Å². The van der Waals surface area contributed by atoms with Crippen molar-refractivity contribution in [3.8, 4) is 111 Å². The molecule has 2 heterocycles. The Labute approximate surface area is 666 Å². The normalized spacial score (nSPS) is 13.2. The molecule has 0 spiro atoms. The lowest BCUT2D eigenvalue weighted by Gasteiger charge is -2.30. The van der Waals surface area contributed by atoms with Crippen molar-refractivity contribution in [1.82, 2.24) is 0 Å². The molecule has 0 aliphatic heterocycles. The first kappa shape index (κ1) is 65.9. The van der Waals surface area contributed by atoms with Crippen LogP contribution in [0.2, 0.25) is 0 Å². The predicted octanol–water partition coefficient (Wildman–Crippen LogP) is 31.5. The van der Waals surface area contributed by atoms with Crippen molar-refractivity contribution in [2.75, 3.05) is 9.80 Å². The highest BCUT2D eigenvalue weighted by Gasteiger charge is 2.41. The Morgan fingerprint density at radius 1 is 0.228 bits per heavy atom. The second kappa shape index (κ2) is 25.3. The van der Waals surface area contributed by atoms with E-state index < -0.39 is 0 Å². The van der Waals surface area contributed by atoms with Crippen LogP contribution in [0.4, 0.5) is 34.1 Å². The smallest absolute Gasteiger partial charge is 0.145 e. The number of nitrogens with zero attached hydrogens (tertiary/aromatic N) is 2. The molecule has 0 N–H and O–H groups in total. The summed E-state index contributed by atoms with van der Waals surface area (Å²) in [6.45, 7) is 9.45. The molecule has 2 aromatic heterocycles. The molecule has 536 valence electrons. The number of fused-ring (bicyclic) bond motifs is 18. The number of rotatable bonds is 10. The Balaban J connectivity index is 0.000000135. The second-order valence-electron chi connectivity index (χ2n) is 32.0. The number of hydrogen-bond donors (Lipinski definition) is 0. The summed E-state index contributed by atoms with van der Waals surface area (Å²) in [6, 6.07) is 139. The summed E-state index contributed by atoms with van der Waals surface area (Å²) in [7, 11) is 0. The third-order valence-electron chi connectivity index (χ3n) is 25.3. The molecule has 0 amide bonds. The van der Waals surface area contributed by atoms with Crippen LogP contribution in [0, 0.1) is 0 Å². The van der Waals surface area contributed by atoms with Crippen LogP contribution in [0.1, 0.15) is 49.9 Å². The number of hydrogen-bond acceptors (Lipinski definition) is 4. The molecular weight excluding hydrogens is 1400 g/mol. The van der Waals surface area contributed by atoms with Crippen LogP contribution >= 0.6 is 11.3 Å². The monoisotopic (exact) mass is 1470 g/mol. The van der Waals surface area contributed by atoms with E-state index in [1.807, 2.05) is 11.3 Å². The Kier molecular flexibility index (Phi) is 14.6. The maximum atomic E-state index is 7.02. The van der Waals surface area contributed by atoms with Gasteiger partial charge in [-0.15, -0.1) is 11.3 Å². The molecule has 0 atom stereocenters. The van der Waals surface area contributed by atoms with Gasteiger partial charge in [-0.3, -0.25) is 0 Å². The highest BCUT2D eigenvalue weighted by molar-refractivity contribution is 7.26. The van der Waals surface area contributed by atoms with Crippen molar-refractivity contribution in [3.05, 3.63) is 398 Å². The van der Waals surface area contributed by atoms with E-state index in [1.165, 1.54) is 181 Å². The van der Waals surface area contributed by atoms with Crippen molar-refractivity contribution in [2.24, 2.45) is 0 Å². The lowest BCUT2D eigenvalue weighted by atomic mass is 9.82. The third kappa shape index (κ3) is 9.74. The van der Waals surface area contributed by atoms with Gasteiger partial charge >= 0.3 is 0 Å². The average Bonchev–Trinajstić information content (AvgIpc) is 1.54. The van der Waals surface area contributed by atoms with Crippen molar-refractivity contribution >= 4 is 109 Å². The summed E-state index contributed by atoms with van der Waals surface area (Å²) in [5, 5.41) is 9.99. The van der Waals surface area contributed by atoms with Crippen LogP contribution in [-0.4, -0.2) is 0 Å². The number of benzene rings is 18. The molecule has 0 fully saturated rings. The molecule has 114 heavy (non-hydrogen) atoms. The fraction of sp³-hybridized carbons (Fsp3) is 0.0545. The molecule has 0 unspecified atom stereocenters. The Morgan fingerprint density at radius 3 is 1.11 bits per heavy atom. The Morgan fingerprint density at radius 2 is 0.588 bits per heavy atom. The van der Waals surface area contributed by atoms with Crippen molar-refractivity contribution in [3.63, 3.8) is 0 Å². The molecule has 4 aliphatic carbocycles. The van der Waals surface area contributed by atoms with E-state index in [2.05, 4.69) is 414 Å². The van der Waals surface area contributed by atoms with E-state index in [4.69, 9.17) is 4.42 Å². The minimum Gasteiger partial charge on any atom is -0.455 e. The molecule has 3 nitrogen and oxygen atoms in total. The first-order chi connectivity index (χ1) is 56.1. The van der Waals surface area contributed by atoms with Crippen LogP contribution in [0.25, 0.3) is 175 Å². The van der Waals surface area contributed by atoms with Gasteiger partial charge in [0.05, 0.1) is 28.1 Å². The van der Waals surface area contributed by atoms with Crippen molar-refractivity contribution < 1.29 is 4.42 Å². The molecule has 0 radical (unpaired) electrons. The quantitative estimate of drug-likeness (QED) is 0.136. The Hall–Kier alpha value is -13.9. The third-order valence-corrected chi connectivity index (χ3v) is 26.5. The fourth-order valence-corrected chi connectivity index (χ4v) is 21.3. The first-order valence-electron chi connectivity index (χ1n) is 39.7. The lowest BCUT2D eigenvalue weighted by Crippen LogP contribution is -2.16. The van der Waals surface area contributed by atoms with Crippen LogP contribution in [0.5, 0.6) is 0 Å². The summed E-state index contributed by atoms with van der Waals surface area (Å²) < 4.78 is 9.62. The summed E-state index contributed by atoms with van der Waals surface area (Å²) in [5.74, 6) is 0. The summed E-state index contributed by atoms with van der Waals surface area (Å²) >= 11 is 1.91. The number of thiophene rings is 1. The highest BCUT2D eigenvalue weighted by atomic mass is 32.1. The average molecular weight is 1470 g/mol. The molecule has 20 aromatic rings. The van der Waals surface area contributed by atoms with Gasteiger partial charge in [0.1, 0.15) is 11.2 Å². The van der Waals surface area contributed by atoms with Crippen molar-refractivity contribution in [1.29, 1.82) is 0 Å². The standard InChI is InChI=1S/C55H37NO.C55H37NS/c2*1-55(2)46-22-10-8-18-44(46)52-47(55)23-13-24-48(52)56(36-28-26-35(27-29-36)34-14-4-3-5-15-34)49-33-32-43(54-53(49)45-19-9-11-25-50(45)57-54)39-30-31-42-38-17-7-6-16-37(38)40-20-12-21-41(39)51(40)42/h2*3-33H,1-2H3. The molecular formula is C110H74N2OS. The zero-order valence-electron chi connectivity index (χ0n) is 63.5. The van der Waals surface area contributed by atoms with E-state index in [0.29, 0.717) is 0 Å². The lowest BCUT2D eigenvalue weighted by molar-refractivity contribution is 0.660. The SMILES string of the molecule is CC1(C)c2ccccc2-c2c(N(c3ccc(-c4ccccc4)cc3)c3ccc(-c4ccc5c6c(cccc46)-c4ccccc4-5)c4oc5ccccc5c34)cccc21.CC1(C)c2ccccc2-c2c(N(c3ccc(-c4ccccc4)cc3)c3ccc(-c4ccc5c6c(cccc46)-c4ccccc4-5)c4sc5ccccc5c34)cccc21. The van der Waals surface area contributed by atoms with Gasteiger partial charge in [0, 0.05) is 70.0 Å². The zero-order chi connectivity index (χ0) is 75.7. The maximum absolute atomic E-state index is 7.02. The van der Waals surface area contributed by atoms with Gasteiger partial charge in [0.25, 0.3) is 0 Å². The molecule has 0 bridgehead atoms. The van der Waals surface area contributed by atoms with Gasteiger partial charge in [0.15, 0.2) is 0 Å². The topological polar surface area (TPSA) is 19.6 Å². The van der Waals surface area contributed by atoms with Gasteiger partial charge in [-0.05, 0) is 200 Å². The molecule has 0 saturated carbocycles. The molecule has 4 aliphatic rings. The van der Waals surface area contributed by atoms with Gasteiger partial charge in [-0.1, -0.05) is 337 Å². The van der Waals surface area contributed by atoms with E-state index >= 15 is 0 Å². The van der Waals surface area contributed by atoms with Gasteiger partial charge in [0.2, 0.25) is 0 Å². The molecule has 4 heteroatoms. The van der Waals surface area contributed by atoms with Crippen molar-refractivity contribution in [2.45, 2.75) is 38.5 Å². The molecule has 24 rings (SSSR count). The van der Waals surface area contributed by atoms with Gasteiger partial charge < -0.3 is 14.2 Å². The van der Waals surface area contributed by atoms with E-state index in [0.717, 1.165) is 50.3 Å². The first-order valence-corrected chi connectivity index (χ1v) is 40.5. The van der Waals surface area contributed by atoms with Crippen LogP contribution in [0.15, 0.2) is 381 Å². The highest BCUT2D eigenvalue weighted by Crippen LogP contribution is 2.60. The molecule has 18 aromatic carbocycles. The summed E-state index contributed by atoms with van der Waals surface area (Å²) in [4.78, 5) is 5.02. The molecule has 0 saturated heterocycles. The number of anilines is 6. The van der Waals surface area contributed by atoms with Crippen LogP contribution in [-0.2, 0) is 10.8 Å². The van der Waals surface area contributed by atoms with Gasteiger partial charge in [-0.2, -0.15) is 0 Å². The predicted molar refractivity (Wildman–Crippen MR) is 483 cm³/mol. The maximum Gasteiger partial charge on any atom is 0.145 e. The minimum atomic E-state index is -0.137.